The second-order valence-electron chi connectivity index (χ2n) is 3.37. The first-order chi connectivity index (χ1) is 6.99. The van der Waals surface area contributed by atoms with E-state index in [1.54, 1.807) is 27.1 Å². The van der Waals surface area contributed by atoms with Crippen LogP contribution < -0.4 is 11.1 Å². The van der Waals surface area contributed by atoms with E-state index in [0.29, 0.717) is 17.5 Å². The van der Waals surface area contributed by atoms with Crippen LogP contribution >= 0.6 is 0 Å². The van der Waals surface area contributed by atoms with Gasteiger partial charge in [-0.1, -0.05) is 0 Å². The number of nitrogens with one attached hydrogen (secondary N) is 1. The summed E-state index contributed by atoms with van der Waals surface area (Å²) < 4.78 is 0. The average Bonchev–Trinajstić information content (AvgIpc) is 2.12. The van der Waals surface area contributed by atoms with E-state index in [-0.39, 0.29) is 12.5 Å². The van der Waals surface area contributed by atoms with Gasteiger partial charge in [0.25, 0.3) is 0 Å². The number of nitrogens with zero attached hydrogens (tertiary/aromatic N) is 3. The van der Waals surface area contributed by atoms with Gasteiger partial charge in [0.1, 0.15) is 17.5 Å². The van der Waals surface area contributed by atoms with E-state index in [9.17, 15) is 4.79 Å². The highest BCUT2D eigenvalue weighted by molar-refractivity contribution is 5.80. The lowest BCUT2D eigenvalue weighted by Gasteiger charge is -2.11. The van der Waals surface area contributed by atoms with E-state index in [0.717, 1.165) is 0 Å². The molecule has 0 aliphatic heterocycles. The number of hydrogen-bond donors (Lipinski definition) is 2. The first-order valence-corrected chi connectivity index (χ1v) is 4.54. The van der Waals surface area contributed by atoms with Crippen molar-refractivity contribution in [3.05, 3.63) is 11.9 Å². The fourth-order valence-corrected chi connectivity index (χ4v) is 1.01. The van der Waals surface area contributed by atoms with E-state index in [1.165, 1.54) is 4.90 Å². The van der Waals surface area contributed by atoms with Gasteiger partial charge in [-0.05, 0) is 6.92 Å². The lowest BCUT2D eigenvalue weighted by Crippen LogP contribution is -2.28. The number of anilines is 2. The van der Waals surface area contributed by atoms with Gasteiger partial charge in [0.05, 0.1) is 6.54 Å². The minimum atomic E-state index is -0.0233. The molecule has 6 nitrogen and oxygen atoms in total. The molecule has 6 heteroatoms. The Morgan fingerprint density at radius 1 is 1.53 bits per heavy atom. The summed E-state index contributed by atoms with van der Waals surface area (Å²) in [5.41, 5.74) is 5.54. The van der Waals surface area contributed by atoms with Gasteiger partial charge in [0.2, 0.25) is 5.91 Å². The monoisotopic (exact) mass is 209 g/mol. The second-order valence-corrected chi connectivity index (χ2v) is 3.37. The molecule has 0 spiro atoms. The Hall–Kier alpha value is -1.85. The smallest absolute Gasteiger partial charge is 0.241 e. The van der Waals surface area contributed by atoms with E-state index in [4.69, 9.17) is 5.73 Å². The molecule has 0 bridgehead atoms. The van der Waals surface area contributed by atoms with Crippen LogP contribution in [-0.4, -0.2) is 41.4 Å². The molecule has 0 atom stereocenters. The molecular weight excluding hydrogens is 194 g/mol. The van der Waals surface area contributed by atoms with Gasteiger partial charge in [-0.3, -0.25) is 4.79 Å². The fraction of sp³-hybridized carbons (Fsp3) is 0.444. The van der Waals surface area contributed by atoms with Crippen LogP contribution in [0.25, 0.3) is 0 Å². The van der Waals surface area contributed by atoms with Crippen molar-refractivity contribution in [3.63, 3.8) is 0 Å². The minimum absolute atomic E-state index is 0.0233. The van der Waals surface area contributed by atoms with Crippen molar-refractivity contribution >= 4 is 17.5 Å². The second kappa shape index (κ2) is 4.59. The minimum Gasteiger partial charge on any atom is -0.384 e. The van der Waals surface area contributed by atoms with Crippen molar-refractivity contribution in [2.24, 2.45) is 0 Å². The third-order valence-electron chi connectivity index (χ3n) is 1.78. The fourth-order valence-electron chi connectivity index (χ4n) is 1.01. The Bertz CT molecular complexity index is 343. The number of nitrogens with two attached hydrogens (primary N) is 1. The number of amides is 1. The highest BCUT2D eigenvalue weighted by Gasteiger charge is 2.04. The van der Waals surface area contributed by atoms with Crippen molar-refractivity contribution in [3.8, 4) is 0 Å². The Labute approximate surface area is 88.5 Å². The Morgan fingerprint density at radius 3 is 2.73 bits per heavy atom. The molecule has 0 aromatic carbocycles. The quantitative estimate of drug-likeness (QED) is 0.724. The first-order valence-electron chi connectivity index (χ1n) is 4.54. The number of carbonyl (C=O) groups is 1. The number of aromatic nitrogens is 2. The van der Waals surface area contributed by atoms with Crippen LogP contribution in [0.2, 0.25) is 0 Å². The molecule has 1 rings (SSSR count). The molecular formula is C9H15N5O. The van der Waals surface area contributed by atoms with E-state index in [1.807, 2.05) is 0 Å². The highest BCUT2D eigenvalue weighted by Crippen LogP contribution is 2.06. The van der Waals surface area contributed by atoms with Crippen LogP contribution in [0.3, 0.4) is 0 Å². The van der Waals surface area contributed by atoms with E-state index in [2.05, 4.69) is 15.3 Å². The zero-order valence-corrected chi connectivity index (χ0v) is 9.11. The molecule has 1 heterocycles. The zero-order valence-electron chi connectivity index (χ0n) is 9.11. The molecule has 0 saturated heterocycles. The molecule has 82 valence electrons. The molecule has 15 heavy (non-hydrogen) atoms. The number of carbonyl (C=O) groups excluding carboxylic acids is 1. The Balaban J connectivity index is 2.61. The van der Waals surface area contributed by atoms with Crippen molar-refractivity contribution in [2.75, 3.05) is 31.7 Å². The molecule has 0 saturated carbocycles. The van der Waals surface area contributed by atoms with Crippen LogP contribution in [-0.2, 0) is 4.79 Å². The highest BCUT2D eigenvalue weighted by atomic mass is 16.2. The predicted octanol–water partition coefficient (Wildman–Crippen LogP) is -0.133. The van der Waals surface area contributed by atoms with Gasteiger partial charge >= 0.3 is 0 Å². The van der Waals surface area contributed by atoms with Crippen LogP contribution in [0, 0.1) is 6.92 Å². The van der Waals surface area contributed by atoms with Gasteiger partial charge in [0, 0.05) is 20.2 Å². The van der Waals surface area contributed by atoms with Crippen molar-refractivity contribution in [1.82, 2.24) is 14.9 Å². The number of likely N-dealkylation sites (N-methyl/N-ethyl adjacent to an activating group) is 1. The maximum Gasteiger partial charge on any atom is 0.241 e. The summed E-state index contributed by atoms with van der Waals surface area (Å²) >= 11 is 0. The molecule has 3 N–H and O–H groups in total. The normalized spacial score (nSPS) is 9.80. The van der Waals surface area contributed by atoms with Crippen molar-refractivity contribution in [2.45, 2.75) is 6.92 Å². The maximum absolute atomic E-state index is 11.3. The third-order valence-corrected chi connectivity index (χ3v) is 1.78. The largest absolute Gasteiger partial charge is 0.384 e. The summed E-state index contributed by atoms with van der Waals surface area (Å²) in [7, 11) is 3.40. The zero-order chi connectivity index (χ0) is 11.4. The summed E-state index contributed by atoms with van der Waals surface area (Å²) in [6, 6.07) is 1.59. The van der Waals surface area contributed by atoms with Crippen LogP contribution in [0.15, 0.2) is 6.07 Å². The SMILES string of the molecule is Cc1nc(N)cc(NCC(=O)N(C)C)n1. The van der Waals surface area contributed by atoms with Crippen molar-refractivity contribution < 1.29 is 4.79 Å². The summed E-state index contributed by atoms with van der Waals surface area (Å²) in [6.07, 6.45) is 0. The van der Waals surface area contributed by atoms with Gasteiger partial charge < -0.3 is 16.0 Å². The van der Waals surface area contributed by atoms with Crippen LogP contribution in [0.4, 0.5) is 11.6 Å². The van der Waals surface area contributed by atoms with Gasteiger partial charge in [-0.25, -0.2) is 9.97 Å². The Kier molecular flexibility index (Phi) is 3.43. The summed E-state index contributed by atoms with van der Waals surface area (Å²) in [5, 5.41) is 2.89. The van der Waals surface area contributed by atoms with Crippen LogP contribution in [0.1, 0.15) is 5.82 Å². The molecule has 1 amide bonds. The molecule has 1 aromatic rings. The van der Waals surface area contributed by atoms with Gasteiger partial charge in [-0.15, -0.1) is 0 Å². The first kappa shape index (κ1) is 11.2. The maximum atomic E-state index is 11.3. The predicted molar refractivity (Wildman–Crippen MR) is 58.4 cm³/mol. The molecule has 0 radical (unpaired) electrons. The summed E-state index contributed by atoms with van der Waals surface area (Å²) in [4.78, 5) is 20.8. The molecule has 0 aliphatic carbocycles. The lowest BCUT2D eigenvalue weighted by molar-refractivity contribution is -0.126. The van der Waals surface area contributed by atoms with Gasteiger partial charge in [0.15, 0.2) is 0 Å². The van der Waals surface area contributed by atoms with E-state index >= 15 is 0 Å². The number of nitrogen functional groups attached to an aromatic ring is 1. The standard InChI is InChI=1S/C9H15N5O/c1-6-12-7(10)4-8(13-6)11-5-9(15)14(2)3/h4H,5H2,1-3H3,(H3,10,11,12,13). The molecule has 0 aliphatic rings. The number of aryl methyl sites for hydroxylation is 1. The molecule has 0 fully saturated rings. The third kappa shape index (κ3) is 3.41. The summed E-state index contributed by atoms with van der Waals surface area (Å²) in [5.74, 6) is 1.51. The van der Waals surface area contributed by atoms with E-state index < -0.39 is 0 Å². The summed E-state index contributed by atoms with van der Waals surface area (Å²) in [6.45, 7) is 1.94. The van der Waals surface area contributed by atoms with Gasteiger partial charge in [-0.2, -0.15) is 0 Å². The topological polar surface area (TPSA) is 84.1 Å². The number of rotatable bonds is 3. The average molecular weight is 209 g/mol. The lowest BCUT2D eigenvalue weighted by atomic mass is 10.4. The Morgan fingerprint density at radius 2 is 2.20 bits per heavy atom. The van der Waals surface area contributed by atoms with Crippen LogP contribution in [0.5, 0.6) is 0 Å². The number of hydrogen-bond acceptors (Lipinski definition) is 5. The van der Waals surface area contributed by atoms with Crippen molar-refractivity contribution in [1.29, 1.82) is 0 Å². The molecule has 1 aromatic heterocycles. The molecule has 0 unspecified atom stereocenters.